The van der Waals surface area contributed by atoms with Crippen molar-refractivity contribution in [3.63, 3.8) is 0 Å². The number of aryl methyl sites for hydroxylation is 1. The van der Waals surface area contributed by atoms with Crippen LogP contribution < -0.4 is 5.32 Å². The largest absolute Gasteiger partial charge is 0.434 e. The molecule has 1 aliphatic rings. The number of rotatable bonds is 4. The Morgan fingerprint density at radius 2 is 2.12 bits per heavy atom. The molecule has 0 saturated heterocycles. The second kappa shape index (κ2) is 6.72. The highest BCUT2D eigenvalue weighted by atomic mass is 19.4. The van der Waals surface area contributed by atoms with Crippen LogP contribution in [0.25, 0.3) is 10.8 Å². The van der Waals surface area contributed by atoms with Gasteiger partial charge < -0.3 is 9.88 Å². The number of hydrogen-bond acceptors (Lipinski definition) is 3. The van der Waals surface area contributed by atoms with Crippen molar-refractivity contribution in [3.05, 3.63) is 59.9 Å². The third-order valence-corrected chi connectivity index (χ3v) is 4.90. The summed E-state index contributed by atoms with van der Waals surface area (Å²) in [6.07, 6.45) is 1.83. The van der Waals surface area contributed by atoms with E-state index in [-0.39, 0.29) is 0 Å². The molecule has 7 heteroatoms. The van der Waals surface area contributed by atoms with Crippen molar-refractivity contribution in [3.8, 4) is 0 Å². The maximum Gasteiger partial charge on any atom is 0.434 e. The number of halogens is 3. The van der Waals surface area contributed by atoms with Crippen molar-refractivity contribution in [2.75, 3.05) is 6.54 Å². The fourth-order valence-electron chi connectivity index (χ4n) is 3.57. The zero-order chi connectivity index (χ0) is 18.1. The molecule has 1 aromatic carbocycles. The lowest BCUT2D eigenvalue weighted by molar-refractivity contribution is -0.141. The molecule has 0 aliphatic carbocycles. The van der Waals surface area contributed by atoms with Crippen LogP contribution in [-0.4, -0.2) is 21.1 Å². The number of aromatic nitrogens is 3. The summed E-state index contributed by atoms with van der Waals surface area (Å²) in [6.45, 7) is 2.06. The van der Waals surface area contributed by atoms with Gasteiger partial charge in [-0.1, -0.05) is 18.2 Å². The van der Waals surface area contributed by atoms with Gasteiger partial charge in [0.15, 0.2) is 5.69 Å². The van der Waals surface area contributed by atoms with Gasteiger partial charge >= 0.3 is 6.18 Å². The molecule has 1 N–H and O–H groups in total. The highest BCUT2D eigenvalue weighted by Crippen LogP contribution is 2.30. The summed E-state index contributed by atoms with van der Waals surface area (Å²) in [7, 11) is 0. The van der Waals surface area contributed by atoms with E-state index in [9.17, 15) is 13.2 Å². The Balaban J connectivity index is 1.38. The summed E-state index contributed by atoms with van der Waals surface area (Å²) < 4.78 is 40.0. The zero-order valence-corrected chi connectivity index (χ0v) is 14.1. The Morgan fingerprint density at radius 3 is 2.96 bits per heavy atom. The number of alkyl halides is 3. The lowest BCUT2D eigenvalue weighted by Crippen LogP contribution is -2.29. The number of fused-ring (bicyclic) bond motifs is 2. The molecule has 136 valence electrons. The fraction of sp³-hybridized carbons (Fsp3) is 0.368. The molecule has 0 fully saturated rings. The van der Waals surface area contributed by atoms with Crippen LogP contribution in [0.3, 0.4) is 0 Å². The average Bonchev–Trinajstić information content (AvgIpc) is 3.06. The summed E-state index contributed by atoms with van der Waals surface area (Å²) in [4.78, 5) is 7.87. The molecule has 2 aromatic heterocycles. The number of hydrogen-bond donors (Lipinski definition) is 1. The number of benzene rings is 1. The van der Waals surface area contributed by atoms with Gasteiger partial charge in [-0.25, -0.2) is 4.98 Å². The molecule has 3 heterocycles. The molecular weight excluding hydrogens is 341 g/mol. The minimum atomic E-state index is -4.37. The van der Waals surface area contributed by atoms with E-state index in [1.807, 2.05) is 24.4 Å². The van der Waals surface area contributed by atoms with Gasteiger partial charge in [0.25, 0.3) is 0 Å². The standard InChI is InChI=1S/C19H19F3N4/c20-19(21,22)17-12-26-11-13(4-5-18(26)25-17)8-24-10-15-3-1-2-14-9-23-7-6-16(14)15/h1-3,6-7,9,12-13,24H,4-5,8,10-11H2. The second-order valence-corrected chi connectivity index (χ2v) is 6.74. The van der Waals surface area contributed by atoms with Crippen LogP contribution >= 0.6 is 0 Å². The van der Waals surface area contributed by atoms with Crippen molar-refractivity contribution in [2.24, 2.45) is 5.92 Å². The number of pyridine rings is 1. The van der Waals surface area contributed by atoms with E-state index < -0.39 is 11.9 Å². The van der Waals surface area contributed by atoms with Gasteiger partial charge in [0.1, 0.15) is 5.82 Å². The van der Waals surface area contributed by atoms with E-state index in [0.717, 1.165) is 31.1 Å². The first-order chi connectivity index (χ1) is 12.5. The third kappa shape index (κ3) is 3.44. The van der Waals surface area contributed by atoms with E-state index in [1.54, 1.807) is 10.8 Å². The maximum absolute atomic E-state index is 12.8. The first-order valence-electron chi connectivity index (χ1n) is 8.66. The number of nitrogens with zero attached hydrogens (tertiary/aromatic N) is 3. The van der Waals surface area contributed by atoms with E-state index in [1.165, 1.54) is 10.9 Å². The first-order valence-corrected chi connectivity index (χ1v) is 8.66. The van der Waals surface area contributed by atoms with Gasteiger partial charge in [0, 0.05) is 43.5 Å². The maximum atomic E-state index is 12.8. The Bertz CT molecular complexity index is 911. The Morgan fingerprint density at radius 1 is 1.23 bits per heavy atom. The molecule has 1 aliphatic heterocycles. The molecule has 4 nitrogen and oxygen atoms in total. The molecule has 0 amide bonds. The van der Waals surface area contributed by atoms with E-state index >= 15 is 0 Å². The summed E-state index contributed by atoms with van der Waals surface area (Å²) in [6, 6.07) is 8.13. The second-order valence-electron chi connectivity index (χ2n) is 6.74. The van der Waals surface area contributed by atoms with Crippen LogP contribution in [0.5, 0.6) is 0 Å². The van der Waals surface area contributed by atoms with Gasteiger partial charge in [0.2, 0.25) is 0 Å². The van der Waals surface area contributed by atoms with Gasteiger partial charge in [-0.3, -0.25) is 4.98 Å². The van der Waals surface area contributed by atoms with Gasteiger partial charge in [-0.05, 0) is 35.9 Å². The Labute approximate surface area is 149 Å². The van der Waals surface area contributed by atoms with Crippen molar-refractivity contribution in [1.82, 2.24) is 19.9 Å². The lowest BCUT2D eigenvalue weighted by Gasteiger charge is -2.24. The van der Waals surface area contributed by atoms with Crippen molar-refractivity contribution in [1.29, 1.82) is 0 Å². The van der Waals surface area contributed by atoms with Gasteiger partial charge in [-0.15, -0.1) is 0 Å². The molecule has 3 aromatic rings. The van der Waals surface area contributed by atoms with Crippen LogP contribution in [0.2, 0.25) is 0 Å². The first kappa shape index (κ1) is 17.0. The molecule has 4 rings (SSSR count). The monoisotopic (exact) mass is 360 g/mol. The molecule has 0 spiro atoms. The molecule has 0 bridgehead atoms. The van der Waals surface area contributed by atoms with E-state index in [4.69, 9.17) is 0 Å². The van der Waals surface area contributed by atoms with Gasteiger partial charge in [-0.2, -0.15) is 13.2 Å². The molecule has 1 unspecified atom stereocenters. The summed E-state index contributed by atoms with van der Waals surface area (Å²) >= 11 is 0. The number of nitrogens with one attached hydrogen (secondary N) is 1. The highest BCUT2D eigenvalue weighted by Gasteiger charge is 2.35. The summed E-state index contributed by atoms with van der Waals surface area (Å²) in [5.74, 6) is 0.838. The quantitative estimate of drug-likeness (QED) is 0.770. The SMILES string of the molecule is FC(F)(F)c1cn2c(n1)CCC(CNCc1cccc3cnccc13)C2. The summed E-state index contributed by atoms with van der Waals surface area (Å²) in [5, 5.41) is 5.73. The molecule has 0 radical (unpaired) electrons. The molecular formula is C19H19F3N4. The van der Waals surface area contributed by atoms with E-state index in [2.05, 4.69) is 21.4 Å². The van der Waals surface area contributed by atoms with Crippen LogP contribution in [0.4, 0.5) is 13.2 Å². The molecule has 0 saturated carbocycles. The minimum Gasteiger partial charge on any atom is -0.334 e. The highest BCUT2D eigenvalue weighted by molar-refractivity contribution is 5.84. The fourth-order valence-corrected chi connectivity index (χ4v) is 3.57. The lowest BCUT2D eigenvalue weighted by atomic mass is 9.99. The molecule has 26 heavy (non-hydrogen) atoms. The van der Waals surface area contributed by atoms with Crippen molar-refractivity contribution in [2.45, 2.75) is 32.1 Å². The normalized spacial score (nSPS) is 17.4. The van der Waals surface area contributed by atoms with E-state index in [0.29, 0.717) is 24.7 Å². The van der Waals surface area contributed by atoms with Crippen LogP contribution in [0, 0.1) is 5.92 Å². The van der Waals surface area contributed by atoms with Crippen LogP contribution in [0.15, 0.2) is 42.9 Å². The predicted molar refractivity (Wildman–Crippen MR) is 92.5 cm³/mol. The topological polar surface area (TPSA) is 42.7 Å². The Kier molecular flexibility index (Phi) is 4.40. The van der Waals surface area contributed by atoms with Crippen molar-refractivity contribution < 1.29 is 13.2 Å². The third-order valence-electron chi connectivity index (χ3n) is 4.90. The average molecular weight is 360 g/mol. The van der Waals surface area contributed by atoms with Gasteiger partial charge in [0.05, 0.1) is 0 Å². The summed E-state index contributed by atoms with van der Waals surface area (Å²) in [5.41, 5.74) is 0.411. The van der Waals surface area contributed by atoms with Crippen LogP contribution in [-0.2, 0) is 25.7 Å². The predicted octanol–water partition coefficient (Wildman–Crippen LogP) is 3.80. The Hall–Kier alpha value is -2.41. The molecule has 1 atom stereocenters. The van der Waals surface area contributed by atoms with Crippen molar-refractivity contribution >= 4 is 10.8 Å². The number of imidazole rings is 1. The minimum absolute atomic E-state index is 0.300. The van der Waals surface area contributed by atoms with Crippen LogP contribution in [0.1, 0.15) is 23.5 Å². The zero-order valence-electron chi connectivity index (χ0n) is 14.1. The smallest absolute Gasteiger partial charge is 0.334 e.